The van der Waals surface area contributed by atoms with E-state index in [1.54, 1.807) is 30.3 Å². The number of nitrogens with zero attached hydrogens (tertiary/aromatic N) is 1. The van der Waals surface area contributed by atoms with Crippen molar-refractivity contribution < 1.29 is 47.7 Å². The van der Waals surface area contributed by atoms with Crippen LogP contribution in [0.3, 0.4) is 0 Å². The van der Waals surface area contributed by atoms with E-state index in [0.717, 1.165) is 44.4 Å². The zero-order chi connectivity index (χ0) is 28.1. The van der Waals surface area contributed by atoms with Gasteiger partial charge in [-0.2, -0.15) is 0 Å². The van der Waals surface area contributed by atoms with Crippen LogP contribution in [0, 0.1) is 0 Å². The first kappa shape index (κ1) is 29.6. The summed E-state index contributed by atoms with van der Waals surface area (Å²) in [4.78, 5) is 62.3. The fourth-order valence-electron chi connectivity index (χ4n) is 3.82. The van der Waals surface area contributed by atoms with Crippen molar-refractivity contribution in [1.29, 1.82) is 0 Å². The molecule has 0 spiro atoms. The number of benzene rings is 1. The fourth-order valence-corrected chi connectivity index (χ4v) is 5.26. The minimum absolute atomic E-state index is 0.0658. The molecule has 0 saturated carbocycles. The van der Waals surface area contributed by atoms with E-state index in [-0.39, 0.29) is 9.23 Å². The van der Waals surface area contributed by atoms with E-state index in [4.69, 9.17) is 47.5 Å². The smallest absolute Gasteiger partial charge is 0.303 e. The SMILES string of the molecule is CC(=O)OC[C@@H]1O[C@H](N2C(=O)/C(=C\c3ccc(Cl)cc3)SC2=S)[C@H](OC(C)=O)[C@@H](OC(C)=O)[C@H]1OC(C)=O. The van der Waals surface area contributed by atoms with E-state index in [1.165, 1.54) is 0 Å². The highest BCUT2D eigenvalue weighted by atomic mass is 35.5. The largest absolute Gasteiger partial charge is 0.463 e. The Labute approximate surface area is 232 Å². The number of carbonyl (C=O) groups is 5. The molecule has 2 fully saturated rings. The number of carbonyl (C=O) groups excluding carboxylic acids is 5. The number of ether oxygens (including phenoxy) is 5. The molecular formula is C24H24ClNO10S2. The highest BCUT2D eigenvalue weighted by Gasteiger charge is 2.56. The summed E-state index contributed by atoms with van der Waals surface area (Å²) in [5.74, 6) is -3.57. The zero-order valence-corrected chi connectivity index (χ0v) is 23.1. The molecule has 5 atom stereocenters. The Morgan fingerprint density at radius 1 is 0.947 bits per heavy atom. The maximum Gasteiger partial charge on any atom is 0.303 e. The number of rotatable bonds is 7. The van der Waals surface area contributed by atoms with Crippen LogP contribution in [-0.4, -0.2) is 76.3 Å². The Bertz CT molecular complexity index is 1170. The van der Waals surface area contributed by atoms with Crippen molar-refractivity contribution in [2.75, 3.05) is 6.61 Å². The Kier molecular flexibility index (Phi) is 9.88. The minimum atomic E-state index is -1.45. The van der Waals surface area contributed by atoms with Gasteiger partial charge in [-0.15, -0.1) is 0 Å². The van der Waals surface area contributed by atoms with Crippen LogP contribution in [0.5, 0.6) is 0 Å². The van der Waals surface area contributed by atoms with Gasteiger partial charge in [0.05, 0.1) is 4.91 Å². The molecule has 0 radical (unpaired) electrons. The number of thiocarbonyl (C=S) groups is 1. The molecule has 204 valence electrons. The van der Waals surface area contributed by atoms with Gasteiger partial charge >= 0.3 is 23.9 Å². The number of thioether (sulfide) groups is 1. The summed E-state index contributed by atoms with van der Waals surface area (Å²) >= 11 is 12.4. The van der Waals surface area contributed by atoms with Crippen molar-refractivity contribution >= 4 is 75.8 Å². The normalized spacial score (nSPS) is 26.2. The van der Waals surface area contributed by atoms with Crippen LogP contribution in [0.25, 0.3) is 6.08 Å². The second-order valence-electron chi connectivity index (χ2n) is 8.19. The number of esters is 4. The zero-order valence-electron chi connectivity index (χ0n) is 20.7. The third-order valence-electron chi connectivity index (χ3n) is 5.21. The van der Waals surface area contributed by atoms with Gasteiger partial charge in [0.2, 0.25) is 0 Å². The fraction of sp³-hybridized carbons (Fsp3) is 0.417. The van der Waals surface area contributed by atoms with Crippen LogP contribution in [-0.2, 0) is 47.7 Å². The molecule has 3 rings (SSSR count). The van der Waals surface area contributed by atoms with Crippen LogP contribution in [0.2, 0.25) is 5.02 Å². The molecule has 14 heteroatoms. The van der Waals surface area contributed by atoms with Crippen LogP contribution in [0.4, 0.5) is 0 Å². The molecule has 2 aliphatic heterocycles. The number of halogens is 1. The maximum absolute atomic E-state index is 13.5. The predicted molar refractivity (Wildman–Crippen MR) is 138 cm³/mol. The van der Waals surface area contributed by atoms with Crippen molar-refractivity contribution in [3.05, 3.63) is 39.8 Å². The Morgan fingerprint density at radius 3 is 2.05 bits per heavy atom. The third-order valence-corrected chi connectivity index (χ3v) is 6.79. The van der Waals surface area contributed by atoms with E-state index in [2.05, 4.69) is 0 Å². The number of hydrogen-bond donors (Lipinski definition) is 0. The molecule has 2 saturated heterocycles. The van der Waals surface area contributed by atoms with Gasteiger partial charge in [-0.3, -0.25) is 28.9 Å². The van der Waals surface area contributed by atoms with Crippen LogP contribution < -0.4 is 0 Å². The van der Waals surface area contributed by atoms with E-state index < -0.39 is 67.0 Å². The Hall–Kier alpha value is -3.00. The van der Waals surface area contributed by atoms with Gasteiger partial charge < -0.3 is 23.7 Å². The first-order chi connectivity index (χ1) is 17.9. The van der Waals surface area contributed by atoms with Gasteiger partial charge in [0.15, 0.2) is 28.9 Å². The van der Waals surface area contributed by atoms with Gasteiger partial charge in [0.25, 0.3) is 5.91 Å². The molecule has 2 heterocycles. The van der Waals surface area contributed by atoms with Gasteiger partial charge in [0.1, 0.15) is 12.7 Å². The van der Waals surface area contributed by atoms with Gasteiger partial charge in [-0.05, 0) is 23.8 Å². The highest BCUT2D eigenvalue weighted by Crippen LogP contribution is 2.39. The first-order valence-corrected chi connectivity index (χ1v) is 12.8. The summed E-state index contributed by atoms with van der Waals surface area (Å²) in [6.07, 6.45) is -5.26. The van der Waals surface area contributed by atoms with E-state index in [0.29, 0.717) is 10.6 Å². The second kappa shape index (κ2) is 12.7. The quantitative estimate of drug-likeness (QED) is 0.201. The molecule has 0 aliphatic carbocycles. The van der Waals surface area contributed by atoms with Crippen LogP contribution in [0.15, 0.2) is 29.2 Å². The average molecular weight is 586 g/mol. The van der Waals surface area contributed by atoms with Crippen molar-refractivity contribution in [3.8, 4) is 0 Å². The Morgan fingerprint density at radius 2 is 1.50 bits per heavy atom. The van der Waals surface area contributed by atoms with E-state index in [9.17, 15) is 24.0 Å². The topological polar surface area (TPSA) is 135 Å². The lowest BCUT2D eigenvalue weighted by atomic mass is 9.96. The summed E-state index contributed by atoms with van der Waals surface area (Å²) in [6.45, 7) is 4.07. The molecular weight excluding hydrogens is 562 g/mol. The third kappa shape index (κ3) is 7.31. The number of hydrogen-bond acceptors (Lipinski definition) is 12. The minimum Gasteiger partial charge on any atom is -0.463 e. The molecule has 11 nitrogen and oxygen atoms in total. The number of amides is 1. The molecule has 0 bridgehead atoms. The summed E-state index contributed by atoms with van der Waals surface area (Å²) in [7, 11) is 0. The molecule has 1 aromatic carbocycles. The van der Waals surface area contributed by atoms with Gasteiger partial charge in [-0.1, -0.05) is 47.7 Å². The lowest BCUT2D eigenvalue weighted by Crippen LogP contribution is -2.66. The Balaban J connectivity index is 2.04. The molecule has 38 heavy (non-hydrogen) atoms. The lowest BCUT2D eigenvalue weighted by Gasteiger charge is -2.46. The van der Waals surface area contributed by atoms with E-state index in [1.807, 2.05) is 0 Å². The van der Waals surface area contributed by atoms with Crippen molar-refractivity contribution in [3.63, 3.8) is 0 Å². The van der Waals surface area contributed by atoms with Crippen molar-refractivity contribution in [2.24, 2.45) is 0 Å². The van der Waals surface area contributed by atoms with Gasteiger partial charge in [0, 0.05) is 32.7 Å². The summed E-state index contributed by atoms with van der Waals surface area (Å²) in [5, 5.41) is 0.521. The highest BCUT2D eigenvalue weighted by molar-refractivity contribution is 8.26. The molecule has 1 amide bonds. The van der Waals surface area contributed by atoms with Crippen molar-refractivity contribution in [1.82, 2.24) is 4.90 Å². The molecule has 0 aromatic heterocycles. The summed E-state index contributed by atoms with van der Waals surface area (Å²) < 4.78 is 27.4. The average Bonchev–Trinajstić information content (AvgIpc) is 3.08. The second-order valence-corrected chi connectivity index (χ2v) is 10.3. The maximum atomic E-state index is 13.5. The molecule has 2 aliphatic rings. The monoisotopic (exact) mass is 585 g/mol. The standard InChI is InChI=1S/C24H24ClNO10S2/c1-11(27)32-10-17-19(33-12(2)28)20(34-13(3)29)21(35-14(4)30)23(36-17)26-22(31)18(38-24(26)37)9-15-5-7-16(25)8-6-15/h5-9,17,19-21,23H,10H2,1-4H3/b18-9+/t17-,19-,20-,21+,23-/m0/s1. The van der Waals surface area contributed by atoms with E-state index >= 15 is 0 Å². The summed E-state index contributed by atoms with van der Waals surface area (Å²) in [6, 6.07) is 6.74. The molecule has 0 unspecified atom stereocenters. The lowest BCUT2D eigenvalue weighted by molar-refractivity contribution is -0.268. The first-order valence-electron chi connectivity index (χ1n) is 11.2. The predicted octanol–water partition coefficient (Wildman–Crippen LogP) is 2.62. The van der Waals surface area contributed by atoms with Crippen LogP contribution >= 0.6 is 35.6 Å². The summed E-state index contributed by atoms with van der Waals surface area (Å²) in [5.41, 5.74) is 0.677. The molecule has 0 N–H and O–H groups in total. The molecule has 1 aromatic rings. The van der Waals surface area contributed by atoms with Crippen molar-refractivity contribution in [2.45, 2.75) is 58.3 Å². The van der Waals surface area contributed by atoms with Crippen LogP contribution in [0.1, 0.15) is 33.3 Å². The van der Waals surface area contributed by atoms with Gasteiger partial charge in [-0.25, -0.2) is 0 Å².